The van der Waals surface area contributed by atoms with Crippen LogP contribution < -0.4 is 10.9 Å². The molecule has 0 bridgehead atoms. The van der Waals surface area contributed by atoms with Crippen molar-refractivity contribution in [2.24, 2.45) is 5.92 Å². The minimum absolute atomic E-state index is 0.106. The van der Waals surface area contributed by atoms with Crippen LogP contribution in [-0.4, -0.2) is 21.5 Å². The summed E-state index contributed by atoms with van der Waals surface area (Å²) in [6.07, 6.45) is 8.23. The van der Waals surface area contributed by atoms with Crippen LogP contribution in [0.25, 0.3) is 0 Å². The van der Waals surface area contributed by atoms with Crippen LogP contribution >= 0.6 is 0 Å². The van der Waals surface area contributed by atoms with Gasteiger partial charge in [0.05, 0.1) is 0 Å². The van der Waals surface area contributed by atoms with Gasteiger partial charge < -0.3 is 14.9 Å². The van der Waals surface area contributed by atoms with Crippen molar-refractivity contribution in [2.75, 3.05) is 0 Å². The quantitative estimate of drug-likeness (QED) is 0.847. The highest BCUT2D eigenvalue weighted by Crippen LogP contribution is 2.31. The first-order valence-electron chi connectivity index (χ1n) is 9.32. The van der Waals surface area contributed by atoms with E-state index in [1.165, 1.54) is 24.1 Å². The number of amides is 1. The Bertz CT molecular complexity index is 803. The Labute approximate surface area is 147 Å². The van der Waals surface area contributed by atoms with E-state index in [0.29, 0.717) is 12.3 Å². The number of carbonyl (C=O) groups is 1. The van der Waals surface area contributed by atoms with Gasteiger partial charge in [-0.15, -0.1) is 0 Å². The second-order valence-corrected chi connectivity index (χ2v) is 7.40. The van der Waals surface area contributed by atoms with Crippen LogP contribution in [0.1, 0.15) is 42.6 Å². The van der Waals surface area contributed by atoms with E-state index in [1.807, 2.05) is 29.0 Å². The molecular weight excluding hydrogens is 314 g/mol. The lowest BCUT2D eigenvalue weighted by atomic mass is 9.91. The number of nitrogens with zero attached hydrogens (tertiary/aromatic N) is 1. The summed E-state index contributed by atoms with van der Waals surface area (Å²) in [6.45, 7) is 0.870. The standard InChI is InChI=1S/C20H25N3O2/c24-19(9-7-16-2-1-11-21-16)22-17-6-8-18-15(12-17)5-10-20(25)23(18)13-14-3-4-14/h1-2,5,10-11,14,17,21H,3-4,6-9,12-13H2,(H,22,24). The maximum Gasteiger partial charge on any atom is 0.250 e. The number of hydrogen-bond acceptors (Lipinski definition) is 2. The fraction of sp³-hybridized carbons (Fsp3) is 0.500. The van der Waals surface area contributed by atoms with Crippen molar-refractivity contribution in [3.8, 4) is 0 Å². The summed E-state index contributed by atoms with van der Waals surface area (Å²) in [7, 11) is 0. The second-order valence-electron chi connectivity index (χ2n) is 7.40. The molecule has 2 aliphatic rings. The SMILES string of the molecule is O=C(CCc1ccc[nH]1)NC1CCc2c(ccc(=O)n2CC2CC2)C1. The third-order valence-electron chi connectivity index (χ3n) is 5.37. The molecule has 2 aromatic rings. The largest absolute Gasteiger partial charge is 0.365 e. The number of fused-ring (bicyclic) bond motifs is 1. The summed E-state index contributed by atoms with van der Waals surface area (Å²) in [6, 6.07) is 7.78. The Hall–Kier alpha value is -2.30. The zero-order chi connectivity index (χ0) is 17.2. The molecule has 5 nitrogen and oxygen atoms in total. The molecule has 2 aliphatic carbocycles. The molecule has 2 heterocycles. The molecular formula is C20H25N3O2. The zero-order valence-electron chi connectivity index (χ0n) is 14.5. The monoisotopic (exact) mass is 339 g/mol. The van der Waals surface area contributed by atoms with Gasteiger partial charge in [0.1, 0.15) is 0 Å². The Morgan fingerprint density at radius 3 is 2.88 bits per heavy atom. The van der Waals surface area contributed by atoms with Crippen LogP contribution in [-0.2, 0) is 30.6 Å². The lowest BCUT2D eigenvalue weighted by Crippen LogP contribution is -2.40. The molecule has 0 radical (unpaired) electrons. The Kier molecular flexibility index (Phi) is 4.47. The average molecular weight is 339 g/mol. The smallest absolute Gasteiger partial charge is 0.250 e. The summed E-state index contributed by atoms with van der Waals surface area (Å²) < 4.78 is 1.98. The number of aryl methyl sites for hydroxylation is 1. The zero-order valence-corrected chi connectivity index (χ0v) is 14.5. The molecule has 5 heteroatoms. The lowest BCUT2D eigenvalue weighted by Gasteiger charge is -2.27. The summed E-state index contributed by atoms with van der Waals surface area (Å²) >= 11 is 0. The highest BCUT2D eigenvalue weighted by Gasteiger charge is 2.27. The maximum atomic E-state index is 12.2. The lowest BCUT2D eigenvalue weighted by molar-refractivity contribution is -0.121. The first kappa shape index (κ1) is 16.2. The minimum Gasteiger partial charge on any atom is -0.365 e. The highest BCUT2D eigenvalue weighted by molar-refractivity contribution is 5.76. The molecule has 0 aliphatic heterocycles. The first-order chi connectivity index (χ1) is 12.2. The van der Waals surface area contributed by atoms with Crippen LogP contribution in [0, 0.1) is 5.92 Å². The number of nitrogens with one attached hydrogen (secondary N) is 2. The van der Waals surface area contributed by atoms with Crippen LogP contribution in [0.15, 0.2) is 35.3 Å². The maximum absolute atomic E-state index is 12.2. The summed E-state index contributed by atoms with van der Waals surface area (Å²) in [5, 5.41) is 3.17. The molecule has 1 unspecified atom stereocenters. The Balaban J connectivity index is 1.37. The summed E-state index contributed by atoms with van der Waals surface area (Å²) in [5.41, 5.74) is 3.63. The molecule has 2 aromatic heterocycles. The Morgan fingerprint density at radius 1 is 1.24 bits per heavy atom. The topological polar surface area (TPSA) is 66.9 Å². The summed E-state index contributed by atoms with van der Waals surface area (Å²) in [5.74, 6) is 0.795. The third kappa shape index (κ3) is 3.86. The Morgan fingerprint density at radius 2 is 2.12 bits per heavy atom. The van der Waals surface area contributed by atoms with E-state index in [4.69, 9.17) is 0 Å². The van der Waals surface area contributed by atoms with Crippen molar-refractivity contribution in [1.29, 1.82) is 0 Å². The molecule has 1 amide bonds. The predicted molar refractivity (Wildman–Crippen MR) is 96.5 cm³/mol. The number of carbonyl (C=O) groups excluding carboxylic acids is 1. The van der Waals surface area contributed by atoms with E-state index < -0.39 is 0 Å². The predicted octanol–water partition coefficient (Wildman–Crippen LogP) is 2.19. The van der Waals surface area contributed by atoms with E-state index >= 15 is 0 Å². The molecule has 0 aromatic carbocycles. The van der Waals surface area contributed by atoms with Crippen LogP contribution in [0.2, 0.25) is 0 Å². The van der Waals surface area contributed by atoms with Crippen LogP contribution in [0.4, 0.5) is 0 Å². The third-order valence-corrected chi connectivity index (χ3v) is 5.37. The molecule has 4 rings (SSSR count). The van der Waals surface area contributed by atoms with Crippen molar-refractivity contribution in [1.82, 2.24) is 14.9 Å². The molecule has 1 saturated carbocycles. The van der Waals surface area contributed by atoms with E-state index in [0.717, 1.165) is 37.9 Å². The van der Waals surface area contributed by atoms with Gasteiger partial charge in [0.25, 0.3) is 5.56 Å². The normalized spacial score (nSPS) is 19.4. The number of aromatic amines is 1. The molecule has 0 saturated heterocycles. The van der Waals surface area contributed by atoms with Gasteiger partial charge in [-0.05, 0) is 62.1 Å². The summed E-state index contributed by atoms with van der Waals surface area (Å²) in [4.78, 5) is 27.5. The van der Waals surface area contributed by atoms with Crippen molar-refractivity contribution in [3.63, 3.8) is 0 Å². The number of H-pyrrole nitrogens is 1. The minimum atomic E-state index is 0.106. The van der Waals surface area contributed by atoms with Gasteiger partial charge >= 0.3 is 0 Å². The van der Waals surface area contributed by atoms with E-state index in [-0.39, 0.29) is 17.5 Å². The fourth-order valence-corrected chi connectivity index (χ4v) is 3.78. The number of pyridine rings is 1. The van der Waals surface area contributed by atoms with Gasteiger partial charge in [-0.25, -0.2) is 0 Å². The van der Waals surface area contributed by atoms with E-state index in [9.17, 15) is 9.59 Å². The molecule has 1 atom stereocenters. The van der Waals surface area contributed by atoms with E-state index in [2.05, 4.69) is 10.3 Å². The molecule has 0 spiro atoms. The van der Waals surface area contributed by atoms with Crippen LogP contribution in [0.5, 0.6) is 0 Å². The van der Waals surface area contributed by atoms with Crippen LogP contribution in [0.3, 0.4) is 0 Å². The van der Waals surface area contributed by atoms with Gasteiger partial charge in [0, 0.05) is 42.7 Å². The average Bonchev–Trinajstić information content (AvgIpc) is 3.27. The molecule has 132 valence electrons. The van der Waals surface area contributed by atoms with Gasteiger partial charge in [0.2, 0.25) is 5.91 Å². The van der Waals surface area contributed by atoms with Crippen molar-refractivity contribution in [2.45, 2.75) is 57.5 Å². The fourth-order valence-electron chi connectivity index (χ4n) is 3.78. The number of aromatic nitrogens is 2. The van der Waals surface area contributed by atoms with Gasteiger partial charge in [-0.3, -0.25) is 9.59 Å². The molecule has 2 N–H and O–H groups in total. The van der Waals surface area contributed by atoms with Gasteiger partial charge in [-0.1, -0.05) is 6.07 Å². The first-order valence-corrected chi connectivity index (χ1v) is 9.32. The van der Waals surface area contributed by atoms with Gasteiger partial charge in [0.15, 0.2) is 0 Å². The van der Waals surface area contributed by atoms with Crippen molar-refractivity contribution in [3.05, 3.63) is 57.8 Å². The highest BCUT2D eigenvalue weighted by atomic mass is 16.1. The van der Waals surface area contributed by atoms with Crippen molar-refractivity contribution >= 4 is 5.91 Å². The van der Waals surface area contributed by atoms with Gasteiger partial charge in [-0.2, -0.15) is 0 Å². The number of rotatable bonds is 6. The van der Waals surface area contributed by atoms with E-state index in [1.54, 1.807) is 6.07 Å². The van der Waals surface area contributed by atoms with Crippen molar-refractivity contribution < 1.29 is 4.79 Å². The molecule has 1 fully saturated rings. The number of hydrogen-bond donors (Lipinski definition) is 2. The molecule has 25 heavy (non-hydrogen) atoms. The second kappa shape index (κ2) is 6.90.